The lowest BCUT2D eigenvalue weighted by Gasteiger charge is -2.06. The first-order valence-electron chi connectivity index (χ1n) is 14.4. The van der Waals surface area contributed by atoms with Crippen molar-refractivity contribution in [1.29, 1.82) is 0 Å². The molecular weight excluding hydrogens is 386 g/mol. The summed E-state index contributed by atoms with van der Waals surface area (Å²) in [6.45, 7) is 6.76. The molecule has 0 aromatic rings. The summed E-state index contributed by atoms with van der Waals surface area (Å²) in [4.78, 5) is 0. The zero-order valence-corrected chi connectivity index (χ0v) is 22.3. The van der Waals surface area contributed by atoms with Gasteiger partial charge in [0, 0.05) is 6.04 Å². The zero-order chi connectivity index (χ0) is 23.5. The molecule has 0 spiro atoms. The standard InChI is InChI=1S/C31H59N/c1-4-5-6-7-8-9-10-11-12-13-14-15-16-17-18-22-25-28-31(32)29-26-23-20-19-21-24-27-30(2)3/h11-12,24-25,27-28,30-31H,4-10,13-23,26,29,32H2,1-3H3. The minimum absolute atomic E-state index is 0.263. The Morgan fingerprint density at radius 3 is 1.41 bits per heavy atom. The van der Waals surface area contributed by atoms with E-state index in [4.69, 9.17) is 5.73 Å². The van der Waals surface area contributed by atoms with Crippen molar-refractivity contribution in [2.45, 2.75) is 155 Å². The van der Waals surface area contributed by atoms with Gasteiger partial charge in [0.2, 0.25) is 0 Å². The molecule has 0 rings (SSSR count). The molecule has 188 valence electrons. The first-order chi connectivity index (χ1) is 15.7. The molecule has 0 aromatic heterocycles. The van der Waals surface area contributed by atoms with Crippen molar-refractivity contribution in [1.82, 2.24) is 0 Å². The SMILES string of the molecule is CCCCCCCCC=CCCCCCCCC=CC(N)CCCCCCC=CC(C)C. The number of allylic oxidation sites excluding steroid dienone is 5. The van der Waals surface area contributed by atoms with Gasteiger partial charge in [-0.15, -0.1) is 0 Å². The summed E-state index contributed by atoms with van der Waals surface area (Å²) in [5.74, 6) is 0.687. The Bertz CT molecular complexity index is 432. The maximum atomic E-state index is 6.23. The lowest BCUT2D eigenvalue weighted by atomic mass is 10.0. The molecule has 0 radical (unpaired) electrons. The molecular formula is C31H59N. The van der Waals surface area contributed by atoms with Crippen molar-refractivity contribution in [3.63, 3.8) is 0 Å². The number of nitrogens with two attached hydrogens (primary N) is 1. The predicted molar refractivity (Wildman–Crippen MR) is 148 cm³/mol. The van der Waals surface area contributed by atoms with Crippen LogP contribution >= 0.6 is 0 Å². The Hall–Kier alpha value is -0.820. The van der Waals surface area contributed by atoms with E-state index < -0.39 is 0 Å². The molecule has 0 heterocycles. The van der Waals surface area contributed by atoms with Crippen molar-refractivity contribution in [3.8, 4) is 0 Å². The van der Waals surface area contributed by atoms with Gasteiger partial charge in [-0.2, -0.15) is 0 Å². The maximum Gasteiger partial charge on any atom is 0.0223 e. The first kappa shape index (κ1) is 31.2. The molecule has 0 bridgehead atoms. The van der Waals surface area contributed by atoms with Gasteiger partial charge in [0.1, 0.15) is 0 Å². The normalized spacial score (nSPS) is 13.4. The summed E-state index contributed by atoms with van der Waals surface area (Å²) in [5, 5.41) is 0. The first-order valence-corrected chi connectivity index (χ1v) is 14.4. The highest BCUT2D eigenvalue weighted by Gasteiger charge is 1.97. The number of hydrogen-bond acceptors (Lipinski definition) is 1. The van der Waals surface area contributed by atoms with Crippen LogP contribution in [0.1, 0.15) is 149 Å². The molecule has 0 saturated carbocycles. The van der Waals surface area contributed by atoms with Crippen molar-refractivity contribution in [3.05, 3.63) is 36.5 Å². The third kappa shape index (κ3) is 27.2. The van der Waals surface area contributed by atoms with E-state index in [-0.39, 0.29) is 6.04 Å². The Balaban J connectivity index is 3.31. The molecule has 0 amide bonds. The summed E-state index contributed by atoms with van der Waals surface area (Å²) in [6, 6.07) is 0.263. The highest BCUT2D eigenvalue weighted by molar-refractivity contribution is 4.91. The Morgan fingerprint density at radius 2 is 0.906 bits per heavy atom. The van der Waals surface area contributed by atoms with E-state index in [1.807, 2.05) is 0 Å². The summed E-state index contributed by atoms with van der Waals surface area (Å²) in [6.07, 6.45) is 40.7. The van der Waals surface area contributed by atoms with Crippen LogP contribution in [0.25, 0.3) is 0 Å². The number of unbranched alkanes of at least 4 members (excludes halogenated alkanes) is 16. The highest BCUT2D eigenvalue weighted by Crippen LogP contribution is 2.11. The summed E-state index contributed by atoms with van der Waals surface area (Å²) in [5.41, 5.74) is 6.23. The van der Waals surface area contributed by atoms with E-state index in [0.29, 0.717) is 5.92 Å². The molecule has 0 aliphatic rings. The van der Waals surface area contributed by atoms with Crippen molar-refractivity contribution < 1.29 is 0 Å². The topological polar surface area (TPSA) is 26.0 Å². The molecule has 32 heavy (non-hydrogen) atoms. The quantitative estimate of drug-likeness (QED) is 0.116. The Kier molecular flexibility index (Phi) is 25.8. The van der Waals surface area contributed by atoms with Gasteiger partial charge in [-0.1, -0.05) is 128 Å². The highest BCUT2D eigenvalue weighted by atomic mass is 14.6. The van der Waals surface area contributed by atoms with Gasteiger partial charge in [-0.05, 0) is 63.7 Å². The molecule has 0 fully saturated rings. The molecule has 2 N–H and O–H groups in total. The van der Waals surface area contributed by atoms with Gasteiger partial charge in [0.15, 0.2) is 0 Å². The average Bonchev–Trinajstić information content (AvgIpc) is 2.77. The Labute approximate surface area is 203 Å². The van der Waals surface area contributed by atoms with Crippen LogP contribution in [0.2, 0.25) is 0 Å². The zero-order valence-electron chi connectivity index (χ0n) is 22.3. The molecule has 1 nitrogen and oxygen atoms in total. The smallest absolute Gasteiger partial charge is 0.0223 e. The summed E-state index contributed by atoms with van der Waals surface area (Å²) in [7, 11) is 0. The van der Waals surface area contributed by atoms with Crippen LogP contribution in [-0.2, 0) is 0 Å². The van der Waals surface area contributed by atoms with E-state index in [1.165, 1.54) is 122 Å². The molecule has 0 aliphatic carbocycles. The third-order valence-corrected chi connectivity index (χ3v) is 6.20. The van der Waals surface area contributed by atoms with Gasteiger partial charge in [0.25, 0.3) is 0 Å². The van der Waals surface area contributed by atoms with Gasteiger partial charge in [-0.3, -0.25) is 0 Å². The van der Waals surface area contributed by atoms with E-state index in [1.54, 1.807) is 0 Å². The van der Waals surface area contributed by atoms with Gasteiger partial charge >= 0.3 is 0 Å². The minimum atomic E-state index is 0.263. The summed E-state index contributed by atoms with van der Waals surface area (Å²) < 4.78 is 0. The molecule has 0 aromatic carbocycles. The summed E-state index contributed by atoms with van der Waals surface area (Å²) >= 11 is 0. The van der Waals surface area contributed by atoms with Crippen LogP contribution in [-0.4, -0.2) is 6.04 Å². The molecule has 1 unspecified atom stereocenters. The van der Waals surface area contributed by atoms with Gasteiger partial charge in [-0.25, -0.2) is 0 Å². The van der Waals surface area contributed by atoms with Crippen LogP contribution < -0.4 is 5.73 Å². The van der Waals surface area contributed by atoms with E-state index in [9.17, 15) is 0 Å². The van der Waals surface area contributed by atoms with Crippen molar-refractivity contribution >= 4 is 0 Å². The van der Waals surface area contributed by atoms with E-state index >= 15 is 0 Å². The number of rotatable bonds is 24. The fourth-order valence-electron chi connectivity index (χ4n) is 4.06. The average molecular weight is 446 g/mol. The van der Waals surface area contributed by atoms with Crippen molar-refractivity contribution in [2.24, 2.45) is 11.7 Å². The lowest BCUT2D eigenvalue weighted by molar-refractivity contribution is 0.587. The molecule has 1 atom stereocenters. The van der Waals surface area contributed by atoms with Crippen LogP contribution in [0, 0.1) is 5.92 Å². The third-order valence-electron chi connectivity index (χ3n) is 6.20. The van der Waals surface area contributed by atoms with Crippen LogP contribution in [0.3, 0.4) is 0 Å². The van der Waals surface area contributed by atoms with E-state index in [0.717, 1.165) is 6.42 Å². The predicted octanol–water partition coefficient (Wildman–Crippen LogP) is 10.5. The molecule has 0 aliphatic heterocycles. The lowest BCUT2D eigenvalue weighted by Crippen LogP contribution is -2.16. The second-order valence-electron chi connectivity index (χ2n) is 10.1. The second kappa shape index (κ2) is 26.4. The van der Waals surface area contributed by atoms with Gasteiger partial charge < -0.3 is 5.73 Å². The molecule has 1 heteroatoms. The fourth-order valence-corrected chi connectivity index (χ4v) is 4.06. The monoisotopic (exact) mass is 445 g/mol. The van der Waals surface area contributed by atoms with Crippen LogP contribution in [0.4, 0.5) is 0 Å². The van der Waals surface area contributed by atoms with Crippen molar-refractivity contribution in [2.75, 3.05) is 0 Å². The van der Waals surface area contributed by atoms with Gasteiger partial charge in [0.05, 0.1) is 0 Å². The maximum absolute atomic E-state index is 6.23. The number of hydrogen-bond donors (Lipinski definition) is 1. The van der Waals surface area contributed by atoms with Crippen LogP contribution in [0.15, 0.2) is 36.5 Å². The minimum Gasteiger partial charge on any atom is -0.324 e. The second-order valence-corrected chi connectivity index (χ2v) is 10.1. The molecule has 0 saturated heterocycles. The largest absolute Gasteiger partial charge is 0.324 e. The Morgan fingerprint density at radius 1 is 0.500 bits per heavy atom. The van der Waals surface area contributed by atoms with Crippen LogP contribution in [0.5, 0.6) is 0 Å². The van der Waals surface area contributed by atoms with E-state index in [2.05, 4.69) is 57.2 Å². The fraction of sp³-hybridized carbons (Fsp3) is 0.806.